The zero-order chi connectivity index (χ0) is 8.97. The van der Waals surface area contributed by atoms with Crippen LogP contribution in [0.3, 0.4) is 0 Å². The summed E-state index contributed by atoms with van der Waals surface area (Å²) < 4.78 is 0.872. The SMILES string of the molecule is N#CN=[N+]([O-])c1ccc(Br)cc1. The highest BCUT2D eigenvalue weighted by Gasteiger charge is 2.00. The molecule has 0 saturated heterocycles. The van der Waals surface area contributed by atoms with Crippen molar-refractivity contribution in [2.24, 2.45) is 5.11 Å². The summed E-state index contributed by atoms with van der Waals surface area (Å²) in [7, 11) is 0. The molecular formula is C7H4BrN3O. The minimum absolute atomic E-state index is 0.270. The van der Waals surface area contributed by atoms with Crippen LogP contribution in [0.4, 0.5) is 5.69 Å². The fraction of sp³-hybridized carbons (Fsp3) is 0. The molecule has 0 aromatic heterocycles. The van der Waals surface area contributed by atoms with Crippen LogP contribution >= 0.6 is 15.9 Å². The molecule has 1 rings (SSSR count). The topological polar surface area (TPSA) is 62.2 Å². The van der Waals surface area contributed by atoms with Crippen molar-refractivity contribution in [3.63, 3.8) is 0 Å². The number of azo groups is 1. The van der Waals surface area contributed by atoms with Crippen LogP contribution in [0.2, 0.25) is 0 Å². The van der Waals surface area contributed by atoms with Crippen LogP contribution in [-0.4, -0.2) is 4.86 Å². The average Bonchev–Trinajstić information content (AvgIpc) is 2.06. The van der Waals surface area contributed by atoms with E-state index in [1.165, 1.54) is 6.19 Å². The third-order valence-electron chi connectivity index (χ3n) is 1.18. The molecule has 0 aliphatic carbocycles. The Morgan fingerprint density at radius 1 is 1.42 bits per heavy atom. The Bertz CT molecular complexity index is 339. The van der Waals surface area contributed by atoms with Gasteiger partial charge in [0.15, 0.2) is 0 Å². The van der Waals surface area contributed by atoms with Gasteiger partial charge in [0, 0.05) is 16.6 Å². The van der Waals surface area contributed by atoms with Crippen LogP contribution in [0.5, 0.6) is 0 Å². The van der Waals surface area contributed by atoms with E-state index >= 15 is 0 Å². The second kappa shape index (κ2) is 3.83. The summed E-state index contributed by atoms with van der Waals surface area (Å²) in [6, 6.07) is 6.54. The number of benzene rings is 1. The van der Waals surface area contributed by atoms with Crippen LogP contribution in [0.1, 0.15) is 0 Å². The van der Waals surface area contributed by atoms with Gasteiger partial charge in [-0.15, -0.1) is 0 Å². The molecule has 4 nitrogen and oxygen atoms in total. The summed E-state index contributed by atoms with van der Waals surface area (Å²) in [6.07, 6.45) is 1.41. The van der Waals surface area contributed by atoms with E-state index < -0.39 is 0 Å². The number of halogens is 1. The highest BCUT2D eigenvalue weighted by molar-refractivity contribution is 9.10. The first-order chi connectivity index (χ1) is 5.74. The molecule has 0 bridgehead atoms. The van der Waals surface area contributed by atoms with Gasteiger partial charge in [0.1, 0.15) is 0 Å². The molecule has 0 atom stereocenters. The van der Waals surface area contributed by atoms with Crippen molar-refractivity contribution >= 4 is 21.6 Å². The molecule has 0 radical (unpaired) electrons. The van der Waals surface area contributed by atoms with Gasteiger partial charge in [0.25, 0.3) is 6.19 Å². The van der Waals surface area contributed by atoms with Crippen molar-refractivity contribution in [3.05, 3.63) is 33.9 Å². The van der Waals surface area contributed by atoms with Gasteiger partial charge < -0.3 is 5.21 Å². The Kier molecular flexibility index (Phi) is 2.77. The van der Waals surface area contributed by atoms with Crippen LogP contribution < -0.4 is 0 Å². The normalized spacial score (nSPS) is 10.8. The molecule has 0 N–H and O–H groups in total. The molecule has 0 fully saturated rings. The van der Waals surface area contributed by atoms with Gasteiger partial charge in [0.05, 0.1) is 5.11 Å². The number of nitrogens with zero attached hydrogens (tertiary/aromatic N) is 3. The molecule has 0 saturated carbocycles. The molecule has 12 heavy (non-hydrogen) atoms. The van der Waals surface area contributed by atoms with Gasteiger partial charge in [0.2, 0.25) is 5.69 Å². The Labute approximate surface area is 77.5 Å². The molecular weight excluding hydrogens is 222 g/mol. The van der Waals surface area contributed by atoms with Crippen LogP contribution in [0.15, 0.2) is 33.9 Å². The van der Waals surface area contributed by atoms with Crippen molar-refractivity contribution in [2.45, 2.75) is 0 Å². The summed E-state index contributed by atoms with van der Waals surface area (Å²) in [5.41, 5.74) is 0.333. The summed E-state index contributed by atoms with van der Waals surface area (Å²) in [5.74, 6) is 0. The number of nitriles is 1. The van der Waals surface area contributed by atoms with Crippen molar-refractivity contribution in [2.75, 3.05) is 0 Å². The maximum Gasteiger partial charge on any atom is 0.274 e. The summed E-state index contributed by atoms with van der Waals surface area (Å²) in [4.78, 5) is 0.270. The largest absolute Gasteiger partial charge is 0.593 e. The molecule has 0 aliphatic rings. The minimum Gasteiger partial charge on any atom is -0.593 e. The Morgan fingerprint density at radius 3 is 2.50 bits per heavy atom. The van der Waals surface area contributed by atoms with E-state index in [1.807, 2.05) is 0 Å². The van der Waals surface area contributed by atoms with Gasteiger partial charge >= 0.3 is 0 Å². The van der Waals surface area contributed by atoms with Crippen LogP contribution in [0.25, 0.3) is 0 Å². The summed E-state index contributed by atoms with van der Waals surface area (Å²) in [5, 5.41) is 21.9. The van der Waals surface area contributed by atoms with E-state index in [0.717, 1.165) is 4.47 Å². The minimum atomic E-state index is 0.270. The Morgan fingerprint density at radius 2 is 2.00 bits per heavy atom. The molecule has 0 spiro atoms. The highest BCUT2D eigenvalue weighted by atomic mass is 79.9. The number of hydrogen-bond donors (Lipinski definition) is 0. The van der Waals surface area contributed by atoms with Gasteiger partial charge in [-0.1, -0.05) is 15.9 Å². The standard InChI is InChI=1S/C7H4BrN3O/c8-6-1-3-7(4-2-6)11(12)10-5-9/h1-4H. The Balaban J connectivity index is 2.99. The fourth-order valence-electron chi connectivity index (χ4n) is 0.667. The fourth-order valence-corrected chi connectivity index (χ4v) is 0.931. The predicted octanol–water partition coefficient (Wildman–Crippen LogP) is 2.52. The molecule has 60 valence electrons. The first-order valence-corrected chi connectivity index (χ1v) is 3.86. The Hall–Kier alpha value is -1.41. The monoisotopic (exact) mass is 225 g/mol. The van der Waals surface area contributed by atoms with E-state index in [2.05, 4.69) is 21.0 Å². The number of hydrogen-bond acceptors (Lipinski definition) is 3. The van der Waals surface area contributed by atoms with E-state index in [1.54, 1.807) is 24.3 Å². The number of rotatable bonds is 1. The van der Waals surface area contributed by atoms with Crippen molar-refractivity contribution in [1.82, 2.24) is 0 Å². The third kappa shape index (κ3) is 2.04. The van der Waals surface area contributed by atoms with Crippen LogP contribution in [0, 0.1) is 16.7 Å². The molecule has 1 aromatic rings. The lowest BCUT2D eigenvalue weighted by molar-refractivity contribution is -0.435. The molecule has 1 aromatic carbocycles. The zero-order valence-electron chi connectivity index (χ0n) is 5.94. The molecule has 0 unspecified atom stereocenters. The average molecular weight is 226 g/mol. The highest BCUT2D eigenvalue weighted by Crippen LogP contribution is 2.16. The molecule has 0 aliphatic heterocycles. The predicted molar refractivity (Wildman–Crippen MR) is 45.5 cm³/mol. The first-order valence-electron chi connectivity index (χ1n) is 3.06. The smallest absolute Gasteiger partial charge is 0.274 e. The van der Waals surface area contributed by atoms with E-state index in [9.17, 15) is 5.21 Å². The maximum atomic E-state index is 10.9. The first kappa shape index (κ1) is 8.68. The van der Waals surface area contributed by atoms with Gasteiger partial charge in [-0.25, -0.2) is 0 Å². The van der Waals surface area contributed by atoms with Crippen molar-refractivity contribution in [1.29, 1.82) is 5.26 Å². The van der Waals surface area contributed by atoms with E-state index in [0.29, 0.717) is 5.69 Å². The summed E-state index contributed by atoms with van der Waals surface area (Å²) in [6.45, 7) is 0. The second-order valence-corrected chi connectivity index (χ2v) is 2.87. The quantitative estimate of drug-likeness (QED) is 0.319. The molecule has 0 heterocycles. The van der Waals surface area contributed by atoms with Gasteiger partial charge in [-0.2, -0.15) is 5.26 Å². The van der Waals surface area contributed by atoms with Crippen molar-refractivity contribution in [3.8, 4) is 6.19 Å². The zero-order valence-corrected chi connectivity index (χ0v) is 7.52. The van der Waals surface area contributed by atoms with Crippen molar-refractivity contribution < 1.29 is 4.86 Å². The van der Waals surface area contributed by atoms with Gasteiger partial charge in [-0.3, -0.25) is 0 Å². The maximum absolute atomic E-state index is 10.9. The van der Waals surface area contributed by atoms with Gasteiger partial charge in [-0.05, 0) is 17.0 Å². The third-order valence-corrected chi connectivity index (χ3v) is 1.71. The van der Waals surface area contributed by atoms with Crippen LogP contribution in [-0.2, 0) is 0 Å². The molecule has 0 amide bonds. The van der Waals surface area contributed by atoms with E-state index in [-0.39, 0.29) is 4.86 Å². The van der Waals surface area contributed by atoms with E-state index in [4.69, 9.17) is 5.26 Å². The summed E-state index contributed by atoms with van der Waals surface area (Å²) >= 11 is 3.22. The lowest BCUT2D eigenvalue weighted by atomic mass is 10.3. The second-order valence-electron chi connectivity index (χ2n) is 1.95. The molecule has 5 heteroatoms. The lowest BCUT2D eigenvalue weighted by Crippen LogP contribution is -1.88. The lowest BCUT2D eigenvalue weighted by Gasteiger charge is -1.95.